The Bertz CT molecular complexity index is 528. The van der Waals surface area contributed by atoms with Crippen LogP contribution in [-0.2, 0) is 23.7 Å². The minimum absolute atomic E-state index is 0.229. The van der Waals surface area contributed by atoms with Crippen molar-refractivity contribution in [3.05, 3.63) is 0 Å². The molecule has 0 amide bonds. The largest absolute Gasteiger partial charge is 0.382 e. The number of hydrogen-bond acceptors (Lipinski definition) is 6. The average Bonchev–Trinajstić information content (AvgIpc) is 2.57. The molecule has 142 valence electrons. The summed E-state index contributed by atoms with van der Waals surface area (Å²) < 4.78 is 28.0. The highest BCUT2D eigenvalue weighted by Gasteiger charge is 2.58. The summed E-state index contributed by atoms with van der Waals surface area (Å²) in [7, 11) is 4.44. The fourth-order valence-electron chi connectivity index (χ4n) is 2.97. The SMILES string of the molecule is C#C[C@]1([C@@H](O)C#C[Si](C)(C)C)O[C@H](COC)[C@@H](OC)[C@H](OC)[C@H]1OC. The highest BCUT2D eigenvalue weighted by molar-refractivity contribution is 6.83. The van der Waals surface area contributed by atoms with Crippen molar-refractivity contribution >= 4 is 8.07 Å². The van der Waals surface area contributed by atoms with Gasteiger partial charge in [0.05, 0.1) is 6.61 Å². The Morgan fingerprint density at radius 2 is 1.72 bits per heavy atom. The minimum Gasteiger partial charge on any atom is -0.382 e. The zero-order valence-electron chi connectivity index (χ0n) is 16.2. The number of aliphatic hydroxyl groups excluding tert-OH is 1. The smallest absolute Gasteiger partial charge is 0.194 e. The molecule has 1 aliphatic heterocycles. The standard InChI is InChI=1S/C18H30O6Si/c1-9-18(14(19)10-11-25(6,7)8)17(23-5)16(22-4)15(21-3)13(24-18)12-20-2/h1,13-17,19H,12H2,2-8H3/t13-,14+,15-,16+,17-,18-/m1/s1. The maximum Gasteiger partial charge on any atom is 0.194 e. The summed E-state index contributed by atoms with van der Waals surface area (Å²) in [6, 6.07) is 0. The van der Waals surface area contributed by atoms with Crippen molar-refractivity contribution in [2.75, 3.05) is 35.0 Å². The first-order chi connectivity index (χ1) is 11.7. The Kier molecular flexibility index (Phi) is 8.11. The molecule has 0 aliphatic carbocycles. The molecule has 1 aliphatic rings. The van der Waals surface area contributed by atoms with Gasteiger partial charge in [0.2, 0.25) is 0 Å². The van der Waals surface area contributed by atoms with Crippen molar-refractivity contribution < 1.29 is 28.8 Å². The summed E-state index contributed by atoms with van der Waals surface area (Å²) in [5.74, 6) is 5.45. The van der Waals surface area contributed by atoms with Crippen LogP contribution < -0.4 is 0 Å². The van der Waals surface area contributed by atoms with Crippen LogP contribution in [0.3, 0.4) is 0 Å². The van der Waals surface area contributed by atoms with E-state index in [2.05, 4.69) is 37.0 Å². The van der Waals surface area contributed by atoms with Crippen LogP contribution in [-0.4, -0.2) is 84.3 Å². The number of methoxy groups -OCH3 is 4. The number of ether oxygens (including phenoxy) is 5. The van der Waals surface area contributed by atoms with Gasteiger partial charge in [-0.3, -0.25) is 0 Å². The fourth-order valence-corrected chi connectivity index (χ4v) is 3.54. The van der Waals surface area contributed by atoms with Gasteiger partial charge in [-0.1, -0.05) is 31.5 Å². The molecule has 0 unspecified atom stereocenters. The van der Waals surface area contributed by atoms with Crippen molar-refractivity contribution in [1.29, 1.82) is 0 Å². The van der Waals surface area contributed by atoms with E-state index in [9.17, 15) is 5.11 Å². The Hall–Kier alpha value is -0.903. The second-order valence-corrected chi connectivity index (χ2v) is 11.8. The van der Waals surface area contributed by atoms with Crippen molar-refractivity contribution in [2.24, 2.45) is 0 Å². The predicted molar refractivity (Wildman–Crippen MR) is 97.8 cm³/mol. The lowest BCUT2D eigenvalue weighted by atomic mass is 9.81. The zero-order chi connectivity index (χ0) is 19.3. The molecule has 6 atom stereocenters. The summed E-state index contributed by atoms with van der Waals surface area (Å²) in [5, 5.41) is 10.8. The second kappa shape index (κ2) is 9.16. The molecule has 0 spiro atoms. The Morgan fingerprint density at radius 3 is 2.12 bits per heavy atom. The molecule has 7 heteroatoms. The quantitative estimate of drug-likeness (QED) is 0.548. The van der Waals surface area contributed by atoms with Crippen LogP contribution in [0.5, 0.6) is 0 Å². The monoisotopic (exact) mass is 370 g/mol. The second-order valence-electron chi connectivity index (χ2n) is 7.03. The molecule has 0 radical (unpaired) electrons. The van der Waals surface area contributed by atoms with Gasteiger partial charge in [-0.15, -0.1) is 12.0 Å². The van der Waals surface area contributed by atoms with E-state index in [1.165, 1.54) is 7.11 Å². The molecule has 1 N–H and O–H groups in total. The summed E-state index contributed by atoms with van der Waals surface area (Å²) in [6.07, 6.45) is 2.25. The van der Waals surface area contributed by atoms with Crippen molar-refractivity contribution in [3.63, 3.8) is 0 Å². The Morgan fingerprint density at radius 1 is 1.12 bits per heavy atom. The van der Waals surface area contributed by atoms with Crippen LogP contribution >= 0.6 is 0 Å². The van der Waals surface area contributed by atoms with E-state index in [0.29, 0.717) is 0 Å². The number of terminal acetylenes is 1. The molecular weight excluding hydrogens is 340 g/mol. The van der Waals surface area contributed by atoms with Gasteiger partial charge in [-0.05, 0) is 0 Å². The van der Waals surface area contributed by atoms with Crippen LogP contribution in [0.25, 0.3) is 0 Å². The topological polar surface area (TPSA) is 66.4 Å². The highest BCUT2D eigenvalue weighted by Crippen LogP contribution is 2.36. The highest BCUT2D eigenvalue weighted by atomic mass is 28.3. The van der Waals surface area contributed by atoms with Gasteiger partial charge in [0.1, 0.15) is 32.5 Å². The third-order valence-electron chi connectivity index (χ3n) is 4.10. The molecule has 1 rings (SSSR count). The molecule has 1 heterocycles. The van der Waals surface area contributed by atoms with Gasteiger partial charge in [-0.25, -0.2) is 0 Å². The molecule has 0 saturated carbocycles. The first-order valence-electron chi connectivity index (χ1n) is 8.14. The number of rotatable bonds is 6. The van der Waals surface area contributed by atoms with Crippen LogP contribution in [0.1, 0.15) is 0 Å². The lowest BCUT2D eigenvalue weighted by molar-refractivity contribution is -0.286. The van der Waals surface area contributed by atoms with Gasteiger partial charge in [0, 0.05) is 28.4 Å². The minimum atomic E-state index is -1.71. The molecule has 25 heavy (non-hydrogen) atoms. The van der Waals surface area contributed by atoms with Gasteiger partial charge < -0.3 is 28.8 Å². The van der Waals surface area contributed by atoms with Crippen LogP contribution in [0.4, 0.5) is 0 Å². The number of hydrogen-bond donors (Lipinski definition) is 1. The van der Waals surface area contributed by atoms with Gasteiger partial charge in [-0.2, -0.15) is 0 Å². The molecule has 1 saturated heterocycles. The van der Waals surface area contributed by atoms with Gasteiger partial charge >= 0.3 is 0 Å². The van der Waals surface area contributed by atoms with Crippen molar-refractivity contribution in [3.8, 4) is 23.8 Å². The molecule has 0 aromatic rings. The van der Waals surface area contributed by atoms with E-state index >= 15 is 0 Å². The molecule has 6 nitrogen and oxygen atoms in total. The fraction of sp³-hybridized carbons (Fsp3) is 0.778. The lowest BCUT2D eigenvalue weighted by Crippen LogP contribution is -2.69. The van der Waals surface area contributed by atoms with Crippen molar-refractivity contribution in [2.45, 2.75) is 55.8 Å². The normalized spacial score (nSPS) is 33.9. The van der Waals surface area contributed by atoms with E-state index in [-0.39, 0.29) is 6.61 Å². The zero-order valence-corrected chi connectivity index (χ0v) is 17.2. The lowest BCUT2D eigenvalue weighted by Gasteiger charge is -2.50. The molecule has 1 fully saturated rings. The van der Waals surface area contributed by atoms with E-state index in [4.69, 9.17) is 30.1 Å². The summed E-state index contributed by atoms with van der Waals surface area (Å²) in [6.45, 7) is 6.47. The maximum atomic E-state index is 10.8. The Balaban J connectivity index is 3.37. The van der Waals surface area contributed by atoms with Gasteiger partial charge in [0.25, 0.3) is 0 Å². The van der Waals surface area contributed by atoms with Crippen LogP contribution in [0.15, 0.2) is 0 Å². The van der Waals surface area contributed by atoms with E-state index in [0.717, 1.165) is 0 Å². The summed E-state index contributed by atoms with van der Waals surface area (Å²) in [5.41, 5.74) is 1.65. The first-order valence-corrected chi connectivity index (χ1v) is 11.6. The van der Waals surface area contributed by atoms with Crippen LogP contribution in [0.2, 0.25) is 19.6 Å². The van der Waals surface area contributed by atoms with E-state index in [1.807, 2.05) is 0 Å². The molecular formula is C18H30O6Si. The summed E-state index contributed by atoms with van der Waals surface area (Å²) >= 11 is 0. The third-order valence-corrected chi connectivity index (χ3v) is 5.00. The Labute approximate surface area is 152 Å². The third kappa shape index (κ3) is 4.84. The molecule has 0 aromatic carbocycles. The molecule has 0 aromatic heterocycles. The predicted octanol–water partition coefficient (Wildman–Crippen LogP) is 0.690. The van der Waals surface area contributed by atoms with E-state index < -0.39 is 44.2 Å². The number of aliphatic hydroxyl groups is 1. The molecule has 0 bridgehead atoms. The van der Waals surface area contributed by atoms with E-state index in [1.54, 1.807) is 21.3 Å². The van der Waals surface area contributed by atoms with Crippen molar-refractivity contribution in [1.82, 2.24) is 0 Å². The first kappa shape index (κ1) is 22.1. The maximum absolute atomic E-state index is 10.8. The van der Waals surface area contributed by atoms with Gasteiger partial charge in [0.15, 0.2) is 11.7 Å². The summed E-state index contributed by atoms with van der Waals surface area (Å²) in [4.78, 5) is 0. The van der Waals surface area contributed by atoms with Crippen LogP contribution in [0, 0.1) is 23.8 Å². The average molecular weight is 371 g/mol.